The van der Waals surface area contributed by atoms with E-state index in [1.807, 2.05) is 48.5 Å². The van der Waals surface area contributed by atoms with E-state index in [4.69, 9.17) is 0 Å². The number of halogens is 1. The topological polar surface area (TPSA) is 75.6 Å². The van der Waals surface area contributed by atoms with Gasteiger partial charge in [-0.1, -0.05) is 24.3 Å². The van der Waals surface area contributed by atoms with Gasteiger partial charge in [-0.05, 0) is 55.5 Å². The van der Waals surface area contributed by atoms with Crippen LogP contribution in [0, 0.1) is 12.7 Å². The van der Waals surface area contributed by atoms with Crippen LogP contribution >= 0.6 is 0 Å². The SMILES string of the molecule is Cc1c(C(=O)Nc2ccccc2-c2nc3ccccc3[nH]2)cnn1-c1ccc(F)cc1. The van der Waals surface area contributed by atoms with Gasteiger partial charge in [0.05, 0.1) is 39.9 Å². The molecule has 0 aliphatic heterocycles. The molecular weight excluding hydrogens is 393 g/mol. The highest BCUT2D eigenvalue weighted by Crippen LogP contribution is 2.28. The number of rotatable bonds is 4. The number of aromatic nitrogens is 4. The van der Waals surface area contributed by atoms with Crippen molar-refractivity contribution in [3.8, 4) is 17.1 Å². The molecule has 0 atom stereocenters. The summed E-state index contributed by atoms with van der Waals surface area (Å²) in [5.74, 6) is 0.0685. The normalized spacial score (nSPS) is 11.0. The van der Waals surface area contributed by atoms with Gasteiger partial charge in [0.15, 0.2) is 0 Å². The number of amides is 1. The van der Waals surface area contributed by atoms with E-state index in [0.717, 1.165) is 16.6 Å². The maximum absolute atomic E-state index is 13.2. The summed E-state index contributed by atoms with van der Waals surface area (Å²) < 4.78 is 14.8. The molecule has 1 amide bonds. The predicted molar refractivity (Wildman–Crippen MR) is 118 cm³/mol. The molecule has 3 aromatic carbocycles. The number of anilines is 1. The molecule has 5 rings (SSSR count). The summed E-state index contributed by atoms with van der Waals surface area (Å²) >= 11 is 0. The van der Waals surface area contributed by atoms with Gasteiger partial charge in [-0.3, -0.25) is 4.79 Å². The van der Waals surface area contributed by atoms with Crippen molar-refractivity contribution in [3.63, 3.8) is 0 Å². The third-order valence-corrected chi connectivity index (χ3v) is 5.15. The molecule has 2 N–H and O–H groups in total. The zero-order valence-corrected chi connectivity index (χ0v) is 16.6. The lowest BCUT2D eigenvalue weighted by atomic mass is 10.1. The highest BCUT2D eigenvalue weighted by atomic mass is 19.1. The number of hydrogen-bond acceptors (Lipinski definition) is 3. The standard InChI is InChI=1S/C24H18FN5O/c1-15-19(14-26-30(15)17-12-10-16(25)11-13-17)24(31)29-20-7-3-2-6-18(20)23-27-21-8-4-5-9-22(21)28-23/h2-14H,1H3,(H,27,28)(H,29,31). The molecule has 0 fully saturated rings. The van der Waals surface area contributed by atoms with Crippen molar-refractivity contribution in [3.05, 3.63) is 96.1 Å². The first-order valence-electron chi connectivity index (χ1n) is 9.76. The summed E-state index contributed by atoms with van der Waals surface area (Å²) in [4.78, 5) is 21.0. The lowest BCUT2D eigenvalue weighted by molar-refractivity contribution is 0.102. The van der Waals surface area contributed by atoms with Gasteiger partial charge < -0.3 is 10.3 Å². The summed E-state index contributed by atoms with van der Waals surface area (Å²) in [6.07, 6.45) is 1.51. The first kappa shape index (κ1) is 18.7. The van der Waals surface area contributed by atoms with Crippen LogP contribution in [-0.4, -0.2) is 25.7 Å². The first-order chi connectivity index (χ1) is 15.1. The molecule has 0 unspecified atom stereocenters. The maximum Gasteiger partial charge on any atom is 0.259 e. The largest absolute Gasteiger partial charge is 0.338 e. The van der Waals surface area contributed by atoms with Crippen molar-refractivity contribution in [1.82, 2.24) is 19.7 Å². The van der Waals surface area contributed by atoms with Gasteiger partial charge in [-0.25, -0.2) is 14.1 Å². The number of hydrogen-bond donors (Lipinski definition) is 2. The van der Waals surface area contributed by atoms with Gasteiger partial charge in [-0.15, -0.1) is 0 Å². The highest BCUT2D eigenvalue weighted by Gasteiger charge is 2.18. The zero-order valence-electron chi connectivity index (χ0n) is 16.6. The second-order valence-electron chi connectivity index (χ2n) is 7.13. The van der Waals surface area contributed by atoms with Gasteiger partial charge in [0.2, 0.25) is 0 Å². The number of benzene rings is 3. The number of para-hydroxylation sites is 3. The summed E-state index contributed by atoms with van der Waals surface area (Å²) in [6, 6.07) is 21.2. The minimum Gasteiger partial charge on any atom is -0.338 e. The van der Waals surface area contributed by atoms with Crippen LogP contribution in [0.15, 0.2) is 79.0 Å². The molecule has 0 aliphatic rings. The van der Waals surface area contributed by atoms with E-state index in [-0.39, 0.29) is 11.7 Å². The molecule has 0 saturated heterocycles. The molecule has 0 saturated carbocycles. The number of imidazole rings is 1. The van der Waals surface area contributed by atoms with Gasteiger partial charge in [0.25, 0.3) is 5.91 Å². The van der Waals surface area contributed by atoms with Crippen molar-refractivity contribution in [2.24, 2.45) is 0 Å². The number of carbonyl (C=O) groups is 1. The molecule has 31 heavy (non-hydrogen) atoms. The van der Waals surface area contributed by atoms with Gasteiger partial charge >= 0.3 is 0 Å². The lowest BCUT2D eigenvalue weighted by Gasteiger charge is -2.10. The van der Waals surface area contributed by atoms with E-state index in [1.54, 1.807) is 23.7 Å². The van der Waals surface area contributed by atoms with Gasteiger partial charge in [-0.2, -0.15) is 5.10 Å². The Morgan fingerprint density at radius 3 is 2.55 bits per heavy atom. The van der Waals surface area contributed by atoms with Crippen LogP contribution in [0.3, 0.4) is 0 Å². The summed E-state index contributed by atoms with van der Waals surface area (Å²) in [5, 5.41) is 7.27. The molecule has 152 valence electrons. The average Bonchev–Trinajstić information content (AvgIpc) is 3.38. The Bertz CT molecular complexity index is 1370. The molecule has 6 nitrogen and oxygen atoms in total. The summed E-state index contributed by atoms with van der Waals surface area (Å²) in [7, 11) is 0. The number of fused-ring (bicyclic) bond motifs is 1. The minimum absolute atomic E-state index is 0.283. The second-order valence-corrected chi connectivity index (χ2v) is 7.13. The molecule has 7 heteroatoms. The predicted octanol–water partition coefficient (Wildman–Crippen LogP) is 5.12. The van der Waals surface area contributed by atoms with Crippen molar-refractivity contribution >= 4 is 22.6 Å². The Hall–Kier alpha value is -4.26. The molecule has 2 aromatic heterocycles. The van der Waals surface area contributed by atoms with E-state index >= 15 is 0 Å². The number of nitrogens with zero attached hydrogens (tertiary/aromatic N) is 3. The van der Waals surface area contributed by atoms with E-state index in [1.165, 1.54) is 18.3 Å². The van der Waals surface area contributed by atoms with Crippen LogP contribution in [0.5, 0.6) is 0 Å². The zero-order chi connectivity index (χ0) is 21.4. The Kier molecular flexibility index (Phi) is 4.55. The third-order valence-electron chi connectivity index (χ3n) is 5.15. The van der Waals surface area contributed by atoms with Gasteiger partial charge in [0, 0.05) is 5.56 Å². The monoisotopic (exact) mass is 411 g/mol. The molecule has 0 radical (unpaired) electrons. The third kappa shape index (κ3) is 3.46. The van der Waals surface area contributed by atoms with Crippen molar-refractivity contribution in [1.29, 1.82) is 0 Å². The van der Waals surface area contributed by atoms with Crippen molar-refractivity contribution < 1.29 is 9.18 Å². The number of aromatic amines is 1. The van der Waals surface area contributed by atoms with Crippen molar-refractivity contribution in [2.75, 3.05) is 5.32 Å². The molecule has 0 spiro atoms. The molecular formula is C24H18FN5O. The Morgan fingerprint density at radius 1 is 1.00 bits per heavy atom. The van der Waals surface area contributed by atoms with Crippen LogP contribution in [0.2, 0.25) is 0 Å². The number of H-pyrrole nitrogens is 1. The first-order valence-corrected chi connectivity index (χ1v) is 9.76. The van der Waals surface area contributed by atoms with E-state index in [9.17, 15) is 9.18 Å². The average molecular weight is 411 g/mol. The lowest BCUT2D eigenvalue weighted by Crippen LogP contribution is -2.14. The van der Waals surface area contributed by atoms with E-state index in [0.29, 0.717) is 28.5 Å². The van der Waals surface area contributed by atoms with Crippen molar-refractivity contribution in [2.45, 2.75) is 6.92 Å². The fraction of sp³-hybridized carbons (Fsp3) is 0.0417. The summed E-state index contributed by atoms with van der Waals surface area (Å²) in [5.41, 5.74) is 4.98. The van der Waals surface area contributed by atoms with Crippen LogP contribution in [0.1, 0.15) is 16.1 Å². The fourth-order valence-corrected chi connectivity index (χ4v) is 3.54. The molecule has 0 bridgehead atoms. The number of nitrogens with one attached hydrogen (secondary N) is 2. The molecule has 0 aliphatic carbocycles. The smallest absolute Gasteiger partial charge is 0.259 e. The van der Waals surface area contributed by atoms with Crippen LogP contribution < -0.4 is 5.32 Å². The van der Waals surface area contributed by atoms with Crippen LogP contribution in [0.4, 0.5) is 10.1 Å². The highest BCUT2D eigenvalue weighted by molar-refractivity contribution is 6.06. The Labute approximate surface area is 177 Å². The van der Waals surface area contributed by atoms with E-state index in [2.05, 4.69) is 20.4 Å². The quantitative estimate of drug-likeness (QED) is 0.431. The number of carbonyl (C=O) groups excluding carboxylic acids is 1. The Balaban J connectivity index is 1.46. The van der Waals surface area contributed by atoms with E-state index < -0.39 is 0 Å². The maximum atomic E-state index is 13.2. The molecule has 2 heterocycles. The summed E-state index contributed by atoms with van der Waals surface area (Å²) in [6.45, 7) is 1.80. The molecule has 5 aromatic rings. The van der Waals surface area contributed by atoms with Crippen LogP contribution in [0.25, 0.3) is 28.1 Å². The fourth-order valence-electron chi connectivity index (χ4n) is 3.54. The Morgan fingerprint density at radius 2 is 1.74 bits per heavy atom. The van der Waals surface area contributed by atoms with Gasteiger partial charge in [0.1, 0.15) is 11.6 Å². The minimum atomic E-state index is -0.325. The second kappa shape index (κ2) is 7.53. The van der Waals surface area contributed by atoms with Crippen LogP contribution in [-0.2, 0) is 0 Å².